The number of rotatable bonds is 1. The molecule has 96 valence electrons. The van der Waals surface area contributed by atoms with Gasteiger partial charge < -0.3 is 19.3 Å². The molecule has 0 N–H and O–H groups in total. The zero-order chi connectivity index (χ0) is 12.3. The lowest BCUT2D eigenvalue weighted by Crippen LogP contribution is -2.51. The quantitative estimate of drug-likeness (QED) is 0.611. The van der Waals surface area contributed by atoms with Gasteiger partial charge in [-0.05, 0) is 12.8 Å². The lowest BCUT2D eigenvalue weighted by Gasteiger charge is -2.32. The molecule has 0 spiro atoms. The van der Waals surface area contributed by atoms with Gasteiger partial charge in [0.25, 0.3) is 0 Å². The molecule has 1 unspecified atom stereocenters. The average Bonchev–Trinajstić information content (AvgIpc) is 2.87. The molecule has 2 heterocycles. The van der Waals surface area contributed by atoms with Crippen molar-refractivity contribution >= 4 is 12.0 Å². The van der Waals surface area contributed by atoms with E-state index in [1.165, 1.54) is 7.11 Å². The summed E-state index contributed by atoms with van der Waals surface area (Å²) >= 11 is 0. The molecular formula is C11H18N2O4. The summed E-state index contributed by atoms with van der Waals surface area (Å²) in [5.74, 6) is -0.316. The zero-order valence-electron chi connectivity index (χ0n) is 10.1. The second-order valence-electron chi connectivity index (χ2n) is 4.26. The number of ether oxygens (including phenoxy) is 2. The van der Waals surface area contributed by atoms with Crippen molar-refractivity contribution in [1.82, 2.24) is 9.80 Å². The number of nitrogens with zero attached hydrogens (tertiary/aromatic N) is 2. The predicted molar refractivity (Wildman–Crippen MR) is 59.5 cm³/mol. The fraction of sp³-hybridized carbons (Fsp3) is 0.818. The molecule has 1 atom stereocenters. The Balaban J connectivity index is 1.99. The minimum atomic E-state index is -0.407. The van der Waals surface area contributed by atoms with Crippen LogP contribution in [0.25, 0.3) is 0 Å². The van der Waals surface area contributed by atoms with E-state index in [0.29, 0.717) is 39.3 Å². The van der Waals surface area contributed by atoms with Crippen molar-refractivity contribution in [2.45, 2.75) is 18.9 Å². The van der Waals surface area contributed by atoms with Crippen molar-refractivity contribution in [3.05, 3.63) is 0 Å². The van der Waals surface area contributed by atoms with E-state index in [-0.39, 0.29) is 12.0 Å². The zero-order valence-corrected chi connectivity index (χ0v) is 10.1. The molecule has 2 aliphatic heterocycles. The van der Waals surface area contributed by atoms with Crippen LogP contribution >= 0.6 is 0 Å². The van der Waals surface area contributed by atoms with E-state index in [2.05, 4.69) is 0 Å². The number of hydrogen-bond donors (Lipinski definition) is 0. The van der Waals surface area contributed by atoms with Crippen LogP contribution in [0.2, 0.25) is 0 Å². The maximum Gasteiger partial charge on any atom is 0.328 e. The highest BCUT2D eigenvalue weighted by atomic mass is 16.5. The number of carbonyl (C=O) groups is 2. The number of likely N-dealkylation sites (tertiary alicyclic amines) is 1. The lowest BCUT2D eigenvalue weighted by molar-refractivity contribution is -0.145. The van der Waals surface area contributed by atoms with Gasteiger partial charge in [0.1, 0.15) is 6.04 Å². The Hall–Kier alpha value is -1.30. The van der Waals surface area contributed by atoms with Crippen molar-refractivity contribution in [3.8, 4) is 0 Å². The van der Waals surface area contributed by atoms with E-state index in [1.807, 2.05) is 0 Å². The van der Waals surface area contributed by atoms with Crippen LogP contribution in [-0.2, 0) is 14.3 Å². The summed E-state index contributed by atoms with van der Waals surface area (Å²) < 4.78 is 9.93. The summed E-state index contributed by atoms with van der Waals surface area (Å²) in [6.45, 7) is 2.98. The van der Waals surface area contributed by atoms with Crippen molar-refractivity contribution < 1.29 is 19.1 Å². The van der Waals surface area contributed by atoms with Crippen LogP contribution in [0.3, 0.4) is 0 Å². The van der Waals surface area contributed by atoms with E-state index in [9.17, 15) is 9.59 Å². The van der Waals surface area contributed by atoms with E-state index in [4.69, 9.17) is 9.47 Å². The molecule has 0 aromatic heterocycles. The maximum atomic E-state index is 12.2. The number of esters is 1. The largest absolute Gasteiger partial charge is 0.467 e. The summed E-state index contributed by atoms with van der Waals surface area (Å²) in [6, 6.07) is -0.475. The highest BCUT2D eigenvalue weighted by Crippen LogP contribution is 2.20. The van der Waals surface area contributed by atoms with Crippen LogP contribution in [0.15, 0.2) is 0 Å². The smallest absolute Gasteiger partial charge is 0.328 e. The van der Waals surface area contributed by atoms with E-state index < -0.39 is 6.04 Å². The molecule has 17 heavy (non-hydrogen) atoms. The number of amides is 2. The molecule has 2 rings (SSSR count). The molecular weight excluding hydrogens is 224 g/mol. The average molecular weight is 242 g/mol. The normalized spacial score (nSPS) is 24.9. The van der Waals surface area contributed by atoms with Crippen LogP contribution in [0, 0.1) is 0 Å². The van der Waals surface area contributed by atoms with Crippen LogP contribution < -0.4 is 0 Å². The summed E-state index contributed by atoms with van der Waals surface area (Å²) in [7, 11) is 1.36. The van der Waals surface area contributed by atoms with Gasteiger partial charge in [-0.1, -0.05) is 0 Å². The Bertz CT molecular complexity index is 302. The fourth-order valence-electron chi connectivity index (χ4n) is 2.31. The van der Waals surface area contributed by atoms with Gasteiger partial charge in [-0.25, -0.2) is 9.59 Å². The summed E-state index contributed by atoms with van der Waals surface area (Å²) in [4.78, 5) is 27.1. The van der Waals surface area contributed by atoms with Crippen LogP contribution in [-0.4, -0.2) is 67.8 Å². The Kier molecular flexibility index (Phi) is 3.83. The van der Waals surface area contributed by atoms with E-state index >= 15 is 0 Å². The molecule has 2 aliphatic rings. The summed E-state index contributed by atoms with van der Waals surface area (Å²) in [5.41, 5.74) is 0. The van der Waals surface area contributed by atoms with E-state index in [1.54, 1.807) is 9.80 Å². The Morgan fingerprint density at radius 3 is 2.59 bits per heavy atom. The number of hydrogen-bond acceptors (Lipinski definition) is 4. The molecule has 2 fully saturated rings. The van der Waals surface area contributed by atoms with Crippen LogP contribution in [0.5, 0.6) is 0 Å². The summed E-state index contributed by atoms with van der Waals surface area (Å²) in [5, 5.41) is 0. The second-order valence-corrected chi connectivity index (χ2v) is 4.26. The molecule has 2 saturated heterocycles. The molecule has 2 amide bonds. The van der Waals surface area contributed by atoms with Gasteiger partial charge in [0.05, 0.1) is 20.3 Å². The van der Waals surface area contributed by atoms with Crippen LogP contribution in [0.1, 0.15) is 12.8 Å². The Morgan fingerprint density at radius 1 is 1.24 bits per heavy atom. The van der Waals surface area contributed by atoms with Gasteiger partial charge in [0.2, 0.25) is 0 Å². The van der Waals surface area contributed by atoms with E-state index in [0.717, 1.165) is 6.42 Å². The SMILES string of the molecule is COC(=O)C1CCCN1C(=O)N1CCOCC1. The molecule has 0 aliphatic carbocycles. The molecule has 6 heteroatoms. The van der Waals surface area contributed by atoms with Crippen LogP contribution in [0.4, 0.5) is 4.79 Å². The van der Waals surface area contributed by atoms with Crippen molar-refractivity contribution in [2.75, 3.05) is 40.0 Å². The highest BCUT2D eigenvalue weighted by Gasteiger charge is 2.37. The molecule has 0 aromatic rings. The third kappa shape index (κ3) is 2.52. The molecule has 0 radical (unpaired) electrons. The molecule has 0 saturated carbocycles. The number of methoxy groups -OCH3 is 1. The number of morpholine rings is 1. The highest BCUT2D eigenvalue weighted by molar-refractivity contribution is 5.84. The standard InChI is InChI=1S/C11H18N2O4/c1-16-10(14)9-3-2-4-13(9)11(15)12-5-7-17-8-6-12/h9H,2-8H2,1H3. The first-order valence-corrected chi connectivity index (χ1v) is 5.95. The molecule has 0 bridgehead atoms. The molecule has 6 nitrogen and oxygen atoms in total. The monoisotopic (exact) mass is 242 g/mol. The topological polar surface area (TPSA) is 59.1 Å². The predicted octanol–water partition coefficient (Wildman–Crippen LogP) is 0.0760. The minimum absolute atomic E-state index is 0.0683. The summed E-state index contributed by atoms with van der Waals surface area (Å²) in [6.07, 6.45) is 1.55. The van der Waals surface area contributed by atoms with Crippen molar-refractivity contribution in [3.63, 3.8) is 0 Å². The number of carbonyl (C=O) groups excluding carboxylic acids is 2. The van der Waals surface area contributed by atoms with Gasteiger partial charge in [0, 0.05) is 19.6 Å². The lowest BCUT2D eigenvalue weighted by atomic mass is 10.2. The van der Waals surface area contributed by atoms with Gasteiger partial charge in [0.15, 0.2) is 0 Å². The third-order valence-corrected chi connectivity index (χ3v) is 3.25. The first kappa shape index (κ1) is 12.2. The minimum Gasteiger partial charge on any atom is -0.467 e. The van der Waals surface area contributed by atoms with Gasteiger partial charge in [-0.3, -0.25) is 0 Å². The van der Waals surface area contributed by atoms with Gasteiger partial charge in [-0.15, -0.1) is 0 Å². The number of urea groups is 1. The van der Waals surface area contributed by atoms with Crippen molar-refractivity contribution in [2.24, 2.45) is 0 Å². The first-order chi connectivity index (χ1) is 8.24. The maximum absolute atomic E-state index is 12.2. The fourth-order valence-corrected chi connectivity index (χ4v) is 2.31. The van der Waals surface area contributed by atoms with Gasteiger partial charge in [-0.2, -0.15) is 0 Å². The van der Waals surface area contributed by atoms with Crippen molar-refractivity contribution in [1.29, 1.82) is 0 Å². The Labute approximate surface area is 100 Å². The third-order valence-electron chi connectivity index (χ3n) is 3.25. The first-order valence-electron chi connectivity index (χ1n) is 5.95. The van der Waals surface area contributed by atoms with Gasteiger partial charge >= 0.3 is 12.0 Å². The Morgan fingerprint density at radius 2 is 1.94 bits per heavy atom. The molecule has 0 aromatic carbocycles. The second kappa shape index (κ2) is 5.35.